The van der Waals surface area contributed by atoms with Crippen molar-refractivity contribution in [3.05, 3.63) is 29.8 Å². The molecule has 0 spiro atoms. The third-order valence-corrected chi connectivity index (χ3v) is 6.01. The Bertz CT molecular complexity index is 932. The lowest BCUT2D eigenvalue weighted by Gasteiger charge is -2.39. The normalized spacial score (nSPS) is 17.0. The number of esters is 1. The molecule has 1 aliphatic rings. The molecule has 36 heavy (non-hydrogen) atoms. The summed E-state index contributed by atoms with van der Waals surface area (Å²) < 4.78 is 21.7. The molecule has 0 aliphatic carbocycles. The van der Waals surface area contributed by atoms with Gasteiger partial charge in [0.2, 0.25) is 5.91 Å². The predicted molar refractivity (Wildman–Crippen MR) is 132 cm³/mol. The second-order valence-corrected chi connectivity index (χ2v) is 9.96. The maximum Gasteiger partial charge on any atom is 0.410 e. The van der Waals surface area contributed by atoms with Crippen LogP contribution in [0.25, 0.3) is 0 Å². The second-order valence-electron chi connectivity index (χ2n) is 9.96. The molecule has 10 heteroatoms. The summed E-state index contributed by atoms with van der Waals surface area (Å²) in [4.78, 5) is 51.0. The Hall–Kier alpha value is -3.14. The monoisotopic (exact) mass is 506 g/mol. The quantitative estimate of drug-likeness (QED) is 0.378. The number of primary amides is 1. The molecule has 0 aromatic heterocycles. The van der Waals surface area contributed by atoms with Gasteiger partial charge in [0.05, 0.1) is 18.6 Å². The SMILES string of the molecule is CCOC(=O)COc1ccc(C(=O)C(C)[C@](C)(OC2CCN(C(=O)OC(C)(C)C)CC2)C(N)=O)cc1. The minimum absolute atomic E-state index is 0.238. The molecule has 1 fully saturated rings. The number of hydrogen-bond donors (Lipinski definition) is 1. The highest BCUT2D eigenvalue weighted by Crippen LogP contribution is 2.30. The number of carbonyl (C=O) groups is 4. The topological polar surface area (TPSA) is 134 Å². The highest BCUT2D eigenvalue weighted by atomic mass is 16.6. The molecule has 2 atom stereocenters. The molecular formula is C26H38N2O8. The lowest BCUT2D eigenvalue weighted by Crippen LogP contribution is -2.54. The zero-order chi connectivity index (χ0) is 27.1. The van der Waals surface area contributed by atoms with E-state index in [2.05, 4.69) is 0 Å². The van der Waals surface area contributed by atoms with Gasteiger partial charge in [0.1, 0.15) is 11.4 Å². The minimum Gasteiger partial charge on any atom is -0.482 e. The summed E-state index contributed by atoms with van der Waals surface area (Å²) in [5, 5.41) is 0. The Labute approximate surface area is 212 Å². The number of ether oxygens (including phenoxy) is 4. The van der Waals surface area contributed by atoms with E-state index >= 15 is 0 Å². The van der Waals surface area contributed by atoms with Crippen molar-refractivity contribution in [2.45, 2.75) is 71.7 Å². The third kappa shape index (κ3) is 7.94. The fourth-order valence-electron chi connectivity index (χ4n) is 3.76. The van der Waals surface area contributed by atoms with Crippen LogP contribution in [0.2, 0.25) is 0 Å². The second kappa shape index (κ2) is 12.2. The highest BCUT2D eigenvalue weighted by molar-refractivity contribution is 6.02. The van der Waals surface area contributed by atoms with Gasteiger partial charge in [-0.3, -0.25) is 9.59 Å². The van der Waals surface area contributed by atoms with Gasteiger partial charge in [-0.2, -0.15) is 0 Å². The average Bonchev–Trinajstić information content (AvgIpc) is 2.81. The number of carbonyl (C=O) groups excluding carboxylic acids is 4. The first kappa shape index (κ1) is 29.1. The molecule has 2 N–H and O–H groups in total. The largest absolute Gasteiger partial charge is 0.482 e. The third-order valence-electron chi connectivity index (χ3n) is 6.01. The molecule has 1 unspecified atom stereocenters. The maximum absolute atomic E-state index is 13.2. The Morgan fingerprint density at radius 1 is 1.06 bits per heavy atom. The van der Waals surface area contributed by atoms with Crippen LogP contribution in [-0.2, 0) is 23.8 Å². The molecule has 1 aliphatic heterocycles. The van der Waals surface area contributed by atoms with Gasteiger partial charge in [0.25, 0.3) is 0 Å². The van der Waals surface area contributed by atoms with Crippen LogP contribution in [0.1, 0.15) is 64.7 Å². The lowest BCUT2D eigenvalue weighted by molar-refractivity contribution is -0.159. The molecule has 1 aromatic carbocycles. The number of piperidine rings is 1. The summed E-state index contributed by atoms with van der Waals surface area (Å²) in [6.45, 7) is 11.1. The fourth-order valence-corrected chi connectivity index (χ4v) is 3.76. The number of benzene rings is 1. The van der Waals surface area contributed by atoms with E-state index in [0.29, 0.717) is 37.2 Å². The number of amides is 2. The van der Waals surface area contributed by atoms with Crippen LogP contribution in [0.3, 0.4) is 0 Å². The van der Waals surface area contributed by atoms with Crippen LogP contribution < -0.4 is 10.5 Å². The van der Waals surface area contributed by atoms with Gasteiger partial charge in [0, 0.05) is 18.7 Å². The van der Waals surface area contributed by atoms with Crippen molar-refractivity contribution in [1.82, 2.24) is 4.90 Å². The molecule has 2 rings (SSSR count). The Morgan fingerprint density at radius 2 is 1.64 bits per heavy atom. The van der Waals surface area contributed by atoms with Crippen LogP contribution in [0.4, 0.5) is 4.79 Å². The first-order valence-corrected chi connectivity index (χ1v) is 12.1. The van der Waals surface area contributed by atoms with Crippen molar-refractivity contribution in [3.63, 3.8) is 0 Å². The Kier molecular flexibility index (Phi) is 9.86. The molecule has 0 saturated carbocycles. The van der Waals surface area contributed by atoms with E-state index in [4.69, 9.17) is 24.7 Å². The fraction of sp³-hybridized carbons (Fsp3) is 0.615. The molecule has 1 aromatic rings. The summed E-state index contributed by atoms with van der Waals surface area (Å²) in [6.07, 6.45) is 0.220. The highest BCUT2D eigenvalue weighted by Gasteiger charge is 2.45. The summed E-state index contributed by atoms with van der Waals surface area (Å²) in [7, 11) is 0. The summed E-state index contributed by atoms with van der Waals surface area (Å²) in [5.74, 6) is -2.02. The first-order valence-electron chi connectivity index (χ1n) is 12.1. The molecule has 1 saturated heterocycles. The van der Waals surface area contributed by atoms with Crippen molar-refractivity contribution in [3.8, 4) is 5.75 Å². The molecule has 0 bridgehead atoms. The van der Waals surface area contributed by atoms with Crippen LogP contribution >= 0.6 is 0 Å². The van der Waals surface area contributed by atoms with Gasteiger partial charge in [-0.15, -0.1) is 0 Å². The van der Waals surface area contributed by atoms with E-state index in [1.165, 1.54) is 6.92 Å². The van der Waals surface area contributed by atoms with Crippen molar-refractivity contribution in [2.75, 3.05) is 26.3 Å². The average molecular weight is 507 g/mol. The molecule has 2 amide bonds. The number of nitrogens with zero attached hydrogens (tertiary/aromatic N) is 1. The molecule has 0 radical (unpaired) electrons. The smallest absolute Gasteiger partial charge is 0.410 e. The predicted octanol–water partition coefficient (Wildman–Crippen LogP) is 3.11. The number of nitrogens with two attached hydrogens (primary N) is 1. The van der Waals surface area contributed by atoms with Crippen molar-refractivity contribution in [2.24, 2.45) is 11.7 Å². The van der Waals surface area contributed by atoms with Gasteiger partial charge in [-0.25, -0.2) is 9.59 Å². The first-order chi connectivity index (χ1) is 16.8. The summed E-state index contributed by atoms with van der Waals surface area (Å²) in [6, 6.07) is 6.24. The van der Waals surface area contributed by atoms with Gasteiger partial charge in [-0.05, 0) is 71.7 Å². The Morgan fingerprint density at radius 3 is 2.14 bits per heavy atom. The van der Waals surface area contributed by atoms with Crippen LogP contribution in [0, 0.1) is 5.92 Å². The summed E-state index contributed by atoms with van der Waals surface area (Å²) in [5.41, 5.74) is 3.92. The van der Waals surface area contributed by atoms with Gasteiger partial charge < -0.3 is 29.6 Å². The molecular weight excluding hydrogens is 468 g/mol. The van der Waals surface area contributed by atoms with E-state index in [9.17, 15) is 19.2 Å². The van der Waals surface area contributed by atoms with Crippen LogP contribution in [0.5, 0.6) is 5.75 Å². The zero-order valence-corrected chi connectivity index (χ0v) is 22.0. The van der Waals surface area contributed by atoms with Crippen molar-refractivity contribution < 1.29 is 38.1 Å². The van der Waals surface area contributed by atoms with E-state index < -0.39 is 35.1 Å². The number of hydrogen-bond acceptors (Lipinski definition) is 8. The minimum atomic E-state index is -1.55. The van der Waals surface area contributed by atoms with Crippen LogP contribution in [0.15, 0.2) is 24.3 Å². The zero-order valence-electron chi connectivity index (χ0n) is 22.0. The molecule has 10 nitrogen and oxygen atoms in total. The number of likely N-dealkylation sites (tertiary alicyclic amines) is 1. The molecule has 200 valence electrons. The standard InChI is InChI=1S/C26H38N2O8/c1-7-33-21(29)16-34-19-10-8-18(9-11-19)22(30)17(2)26(6,23(27)31)35-20-12-14-28(15-13-20)24(32)36-25(3,4)5/h8-11,17,20H,7,12-16H2,1-6H3,(H2,27,31)/t17?,26-/m0/s1. The maximum atomic E-state index is 13.2. The van der Waals surface area contributed by atoms with Crippen LogP contribution in [-0.4, -0.2) is 72.3 Å². The van der Waals surface area contributed by atoms with E-state index in [1.54, 1.807) is 43.0 Å². The van der Waals surface area contributed by atoms with Crippen molar-refractivity contribution in [1.29, 1.82) is 0 Å². The van der Waals surface area contributed by atoms with Crippen molar-refractivity contribution >= 4 is 23.8 Å². The van der Waals surface area contributed by atoms with E-state index in [1.807, 2.05) is 20.8 Å². The number of ketones is 1. The van der Waals surface area contributed by atoms with E-state index in [-0.39, 0.29) is 25.1 Å². The number of Topliss-reactive ketones (excluding diaryl/α,β-unsaturated/α-hetero) is 1. The van der Waals surface area contributed by atoms with Gasteiger partial charge in [-0.1, -0.05) is 6.92 Å². The number of rotatable bonds is 10. The molecule has 1 heterocycles. The van der Waals surface area contributed by atoms with Gasteiger partial charge in [0.15, 0.2) is 18.0 Å². The lowest BCUT2D eigenvalue weighted by atomic mass is 9.83. The van der Waals surface area contributed by atoms with Gasteiger partial charge >= 0.3 is 12.1 Å². The van der Waals surface area contributed by atoms with E-state index in [0.717, 1.165) is 0 Å². The Balaban J connectivity index is 2.01. The summed E-state index contributed by atoms with van der Waals surface area (Å²) >= 11 is 0.